The molecule has 0 bridgehead atoms. The monoisotopic (exact) mass is 298 g/mol. The van der Waals surface area contributed by atoms with Crippen LogP contribution in [-0.2, 0) is 13.2 Å². The predicted octanol–water partition coefficient (Wildman–Crippen LogP) is 3.23. The summed E-state index contributed by atoms with van der Waals surface area (Å²) in [6, 6.07) is 16.8. The lowest BCUT2D eigenvalue weighted by Gasteiger charge is -2.11. The number of nitrogens with one attached hydrogen (secondary N) is 1. The molecular weight excluding hydrogens is 272 g/mol. The standard InChI is InChI=1S/C19H26N2O/c1-16-4-6-18(7-5-16)15-22-19-10-8-17(9-11-19)14-20-12-13-21(2)3/h4-11,20H,12-15H2,1-3H3. The molecule has 22 heavy (non-hydrogen) atoms. The van der Waals surface area contributed by atoms with Crippen LogP contribution in [0.4, 0.5) is 0 Å². The van der Waals surface area contributed by atoms with Crippen molar-refractivity contribution in [1.29, 1.82) is 0 Å². The maximum Gasteiger partial charge on any atom is 0.119 e. The molecule has 2 rings (SSSR count). The van der Waals surface area contributed by atoms with Gasteiger partial charge in [0.25, 0.3) is 0 Å². The molecule has 0 saturated carbocycles. The molecule has 0 aliphatic heterocycles. The van der Waals surface area contributed by atoms with E-state index in [9.17, 15) is 0 Å². The van der Waals surface area contributed by atoms with E-state index >= 15 is 0 Å². The normalized spacial score (nSPS) is 10.9. The van der Waals surface area contributed by atoms with Crippen LogP contribution >= 0.6 is 0 Å². The van der Waals surface area contributed by atoms with E-state index in [0.29, 0.717) is 6.61 Å². The van der Waals surface area contributed by atoms with Gasteiger partial charge in [0.15, 0.2) is 0 Å². The summed E-state index contributed by atoms with van der Waals surface area (Å²) < 4.78 is 5.82. The van der Waals surface area contributed by atoms with Gasteiger partial charge in [0.2, 0.25) is 0 Å². The third kappa shape index (κ3) is 5.88. The van der Waals surface area contributed by atoms with Crippen molar-refractivity contribution in [3.63, 3.8) is 0 Å². The van der Waals surface area contributed by atoms with Crippen molar-refractivity contribution >= 4 is 0 Å². The summed E-state index contributed by atoms with van der Waals surface area (Å²) in [7, 11) is 4.17. The van der Waals surface area contributed by atoms with Gasteiger partial charge in [-0.3, -0.25) is 0 Å². The topological polar surface area (TPSA) is 24.5 Å². The molecule has 0 unspecified atom stereocenters. The van der Waals surface area contributed by atoms with Crippen molar-refractivity contribution in [3.8, 4) is 5.75 Å². The molecule has 0 heterocycles. The second-order valence-electron chi connectivity index (χ2n) is 5.90. The minimum atomic E-state index is 0.612. The van der Waals surface area contributed by atoms with Crippen LogP contribution in [0.1, 0.15) is 16.7 Å². The molecule has 3 heteroatoms. The average molecular weight is 298 g/mol. The fourth-order valence-corrected chi connectivity index (χ4v) is 2.09. The van der Waals surface area contributed by atoms with E-state index in [2.05, 4.69) is 67.6 Å². The summed E-state index contributed by atoms with van der Waals surface area (Å²) >= 11 is 0. The molecule has 0 aliphatic carbocycles. The highest BCUT2D eigenvalue weighted by Gasteiger charge is 1.98. The SMILES string of the molecule is Cc1ccc(COc2ccc(CNCCN(C)C)cc2)cc1. The molecule has 0 saturated heterocycles. The van der Waals surface area contributed by atoms with Crippen LogP contribution in [0, 0.1) is 6.92 Å². The molecule has 2 aromatic carbocycles. The largest absolute Gasteiger partial charge is 0.489 e. The van der Waals surface area contributed by atoms with Crippen molar-refractivity contribution in [3.05, 3.63) is 65.2 Å². The molecule has 3 nitrogen and oxygen atoms in total. The van der Waals surface area contributed by atoms with Crippen LogP contribution in [0.2, 0.25) is 0 Å². The maximum absolute atomic E-state index is 5.82. The highest BCUT2D eigenvalue weighted by atomic mass is 16.5. The Balaban J connectivity index is 1.75. The Morgan fingerprint density at radius 2 is 1.55 bits per heavy atom. The van der Waals surface area contributed by atoms with Crippen LogP contribution in [0.5, 0.6) is 5.75 Å². The van der Waals surface area contributed by atoms with Gasteiger partial charge in [-0.15, -0.1) is 0 Å². The maximum atomic E-state index is 5.82. The van der Waals surface area contributed by atoms with Crippen molar-refractivity contribution in [2.24, 2.45) is 0 Å². The molecule has 0 spiro atoms. The molecule has 0 aliphatic rings. The first-order valence-corrected chi connectivity index (χ1v) is 7.76. The summed E-state index contributed by atoms with van der Waals surface area (Å²) in [6.45, 7) is 5.65. The van der Waals surface area contributed by atoms with Crippen molar-refractivity contribution in [2.75, 3.05) is 27.2 Å². The number of benzene rings is 2. The molecule has 0 radical (unpaired) electrons. The zero-order chi connectivity index (χ0) is 15.8. The Morgan fingerprint density at radius 1 is 0.909 bits per heavy atom. The molecular formula is C19H26N2O. The minimum Gasteiger partial charge on any atom is -0.489 e. The van der Waals surface area contributed by atoms with Gasteiger partial charge < -0.3 is 15.0 Å². The summed E-state index contributed by atoms with van der Waals surface area (Å²) in [6.07, 6.45) is 0. The van der Waals surface area contributed by atoms with Gasteiger partial charge in [-0.2, -0.15) is 0 Å². The van der Waals surface area contributed by atoms with Crippen LogP contribution in [0.25, 0.3) is 0 Å². The Morgan fingerprint density at radius 3 is 2.18 bits per heavy atom. The van der Waals surface area contributed by atoms with Gasteiger partial charge in [-0.05, 0) is 44.3 Å². The number of likely N-dealkylation sites (N-methyl/N-ethyl adjacent to an activating group) is 1. The number of aryl methyl sites for hydroxylation is 1. The number of nitrogens with zero attached hydrogens (tertiary/aromatic N) is 1. The molecule has 2 aromatic rings. The highest BCUT2D eigenvalue weighted by Crippen LogP contribution is 2.14. The lowest BCUT2D eigenvalue weighted by molar-refractivity contribution is 0.306. The van der Waals surface area contributed by atoms with E-state index < -0.39 is 0 Å². The molecule has 0 fully saturated rings. The van der Waals surface area contributed by atoms with Gasteiger partial charge in [-0.25, -0.2) is 0 Å². The first-order valence-electron chi connectivity index (χ1n) is 7.76. The number of ether oxygens (including phenoxy) is 1. The van der Waals surface area contributed by atoms with Gasteiger partial charge >= 0.3 is 0 Å². The lowest BCUT2D eigenvalue weighted by Crippen LogP contribution is -2.26. The first kappa shape index (κ1) is 16.5. The summed E-state index contributed by atoms with van der Waals surface area (Å²) in [4.78, 5) is 2.18. The lowest BCUT2D eigenvalue weighted by atomic mass is 10.2. The average Bonchev–Trinajstić information content (AvgIpc) is 2.52. The number of hydrogen-bond acceptors (Lipinski definition) is 3. The molecule has 0 aromatic heterocycles. The van der Waals surface area contributed by atoms with Gasteiger partial charge in [0, 0.05) is 19.6 Å². The Hall–Kier alpha value is -1.84. The van der Waals surface area contributed by atoms with E-state index in [1.165, 1.54) is 16.7 Å². The zero-order valence-electron chi connectivity index (χ0n) is 13.8. The quantitative estimate of drug-likeness (QED) is 0.757. The van der Waals surface area contributed by atoms with E-state index in [1.807, 2.05) is 12.1 Å². The molecule has 118 valence electrons. The highest BCUT2D eigenvalue weighted by molar-refractivity contribution is 5.28. The number of rotatable bonds is 8. The zero-order valence-corrected chi connectivity index (χ0v) is 13.8. The third-order valence-corrected chi connectivity index (χ3v) is 3.51. The smallest absolute Gasteiger partial charge is 0.119 e. The molecule has 1 N–H and O–H groups in total. The van der Waals surface area contributed by atoms with Crippen LogP contribution in [0.15, 0.2) is 48.5 Å². The van der Waals surface area contributed by atoms with Crippen molar-refractivity contribution in [2.45, 2.75) is 20.1 Å². The van der Waals surface area contributed by atoms with Crippen molar-refractivity contribution in [1.82, 2.24) is 10.2 Å². The van der Waals surface area contributed by atoms with E-state index in [0.717, 1.165) is 25.4 Å². The van der Waals surface area contributed by atoms with E-state index in [1.54, 1.807) is 0 Å². The molecule has 0 atom stereocenters. The van der Waals surface area contributed by atoms with E-state index in [-0.39, 0.29) is 0 Å². The second kappa shape index (κ2) is 8.57. The van der Waals surface area contributed by atoms with Crippen LogP contribution < -0.4 is 10.1 Å². The third-order valence-electron chi connectivity index (χ3n) is 3.51. The van der Waals surface area contributed by atoms with E-state index in [4.69, 9.17) is 4.74 Å². The van der Waals surface area contributed by atoms with Crippen LogP contribution in [-0.4, -0.2) is 32.1 Å². The Kier molecular flexibility index (Phi) is 6.44. The summed E-state index contributed by atoms with van der Waals surface area (Å²) in [5, 5.41) is 3.43. The predicted molar refractivity (Wildman–Crippen MR) is 92.2 cm³/mol. The minimum absolute atomic E-state index is 0.612. The first-order chi connectivity index (χ1) is 10.6. The van der Waals surface area contributed by atoms with Gasteiger partial charge in [0.05, 0.1) is 0 Å². The van der Waals surface area contributed by atoms with Crippen molar-refractivity contribution < 1.29 is 4.74 Å². The molecule has 0 amide bonds. The van der Waals surface area contributed by atoms with Gasteiger partial charge in [0.1, 0.15) is 12.4 Å². The summed E-state index contributed by atoms with van der Waals surface area (Å²) in [5.41, 5.74) is 3.75. The fraction of sp³-hybridized carbons (Fsp3) is 0.368. The Labute approximate surface area is 133 Å². The fourth-order valence-electron chi connectivity index (χ4n) is 2.09. The Bertz CT molecular complexity index is 547. The second-order valence-corrected chi connectivity index (χ2v) is 5.90. The van der Waals surface area contributed by atoms with Gasteiger partial charge in [-0.1, -0.05) is 42.0 Å². The number of hydrogen-bond donors (Lipinski definition) is 1. The summed E-state index contributed by atoms with van der Waals surface area (Å²) in [5.74, 6) is 0.914. The van der Waals surface area contributed by atoms with Crippen LogP contribution in [0.3, 0.4) is 0 Å².